The minimum Gasteiger partial charge on any atom is -0.383 e. The van der Waals surface area contributed by atoms with Gasteiger partial charge in [-0.25, -0.2) is 4.98 Å². The van der Waals surface area contributed by atoms with E-state index in [1.165, 1.54) is 0 Å². The first-order valence-electron chi connectivity index (χ1n) is 6.80. The Morgan fingerprint density at radius 3 is 2.84 bits per heavy atom. The van der Waals surface area contributed by atoms with Gasteiger partial charge in [-0.15, -0.1) is 0 Å². The number of nitrogens with zero attached hydrogens (tertiary/aromatic N) is 2. The summed E-state index contributed by atoms with van der Waals surface area (Å²) in [7, 11) is 0. The second-order valence-electron chi connectivity index (χ2n) is 4.83. The molecule has 2 N–H and O–H groups in total. The van der Waals surface area contributed by atoms with E-state index < -0.39 is 0 Å². The summed E-state index contributed by atoms with van der Waals surface area (Å²) in [4.78, 5) is 6.94. The molecule has 4 heteroatoms. The molecule has 0 amide bonds. The van der Waals surface area contributed by atoms with Crippen LogP contribution in [0, 0.1) is 0 Å². The number of nitrogens with two attached hydrogens (primary N) is 1. The second-order valence-corrected chi connectivity index (χ2v) is 4.83. The Hall–Kier alpha value is -1.81. The number of nitrogen functional groups attached to an aromatic ring is 1. The molecule has 2 aromatic rings. The van der Waals surface area contributed by atoms with Crippen LogP contribution in [-0.2, 0) is 11.2 Å². The number of hydrogen-bond donors (Lipinski definition) is 1. The highest BCUT2D eigenvalue weighted by Crippen LogP contribution is 2.28. The largest absolute Gasteiger partial charge is 0.383 e. The molecule has 19 heavy (non-hydrogen) atoms. The number of pyridine rings is 1. The van der Waals surface area contributed by atoms with Gasteiger partial charge in [0.2, 0.25) is 0 Å². The minimum absolute atomic E-state index is 0.649. The van der Waals surface area contributed by atoms with Crippen molar-refractivity contribution in [1.29, 1.82) is 0 Å². The lowest BCUT2D eigenvalue weighted by Crippen LogP contribution is -2.36. The van der Waals surface area contributed by atoms with E-state index >= 15 is 0 Å². The molecule has 1 aromatic heterocycles. The Balaban J connectivity index is 2.11. The number of morpholine rings is 1. The van der Waals surface area contributed by atoms with E-state index in [0.29, 0.717) is 5.82 Å². The van der Waals surface area contributed by atoms with Crippen molar-refractivity contribution in [1.82, 2.24) is 4.98 Å². The molecule has 4 nitrogen and oxygen atoms in total. The highest BCUT2D eigenvalue weighted by molar-refractivity contribution is 5.92. The predicted molar refractivity (Wildman–Crippen MR) is 78.6 cm³/mol. The topological polar surface area (TPSA) is 51.4 Å². The molecule has 0 aliphatic carbocycles. The summed E-state index contributed by atoms with van der Waals surface area (Å²) in [5, 5.41) is 1.16. The van der Waals surface area contributed by atoms with Crippen molar-refractivity contribution in [2.75, 3.05) is 36.9 Å². The number of hydrogen-bond acceptors (Lipinski definition) is 4. The third-order valence-corrected chi connectivity index (χ3v) is 3.67. The van der Waals surface area contributed by atoms with Gasteiger partial charge in [-0.2, -0.15) is 0 Å². The maximum absolute atomic E-state index is 6.04. The zero-order chi connectivity index (χ0) is 13.2. The SMILES string of the molecule is CCc1cc2cccc(N3CCOCC3)c2nc1N. The number of ether oxygens (including phenoxy) is 1. The molecule has 1 aliphatic rings. The van der Waals surface area contributed by atoms with Crippen LogP contribution in [0.25, 0.3) is 10.9 Å². The number of aromatic nitrogens is 1. The molecule has 2 heterocycles. The van der Waals surface area contributed by atoms with Gasteiger partial charge in [0.25, 0.3) is 0 Å². The van der Waals surface area contributed by atoms with E-state index in [4.69, 9.17) is 10.5 Å². The third-order valence-electron chi connectivity index (χ3n) is 3.67. The van der Waals surface area contributed by atoms with E-state index in [1.807, 2.05) is 0 Å². The summed E-state index contributed by atoms with van der Waals surface area (Å²) in [6.45, 7) is 5.48. The number of rotatable bonds is 2. The molecule has 1 aromatic carbocycles. The Bertz CT molecular complexity index is 591. The Morgan fingerprint density at radius 2 is 2.11 bits per heavy atom. The van der Waals surface area contributed by atoms with Gasteiger partial charge in [0.05, 0.1) is 24.4 Å². The van der Waals surface area contributed by atoms with Gasteiger partial charge in [-0.05, 0) is 24.1 Å². The van der Waals surface area contributed by atoms with E-state index in [0.717, 1.165) is 54.9 Å². The summed E-state index contributed by atoms with van der Waals surface area (Å²) >= 11 is 0. The smallest absolute Gasteiger partial charge is 0.127 e. The number of fused-ring (bicyclic) bond motifs is 1. The Morgan fingerprint density at radius 1 is 1.32 bits per heavy atom. The maximum atomic E-state index is 6.04. The van der Waals surface area contributed by atoms with Crippen LogP contribution < -0.4 is 10.6 Å². The lowest BCUT2D eigenvalue weighted by molar-refractivity contribution is 0.123. The third kappa shape index (κ3) is 2.24. The lowest BCUT2D eigenvalue weighted by atomic mass is 10.1. The van der Waals surface area contributed by atoms with Gasteiger partial charge in [0, 0.05) is 18.5 Å². The number of anilines is 2. The first-order chi connectivity index (χ1) is 9.29. The second kappa shape index (κ2) is 5.05. The standard InChI is InChI=1S/C15H19N3O/c1-2-11-10-12-4-3-5-13(14(12)17-15(11)16)18-6-8-19-9-7-18/h3-5,10H,2,6-9H2,1H3,(H2,16,17). The Kier molecular flexibility index (Phi) is 3.25. The maximum Gasteiger partial charge on any atom is 0.127 e. The molecule has 0 saturated carbocycles. The van der Waals surface area contributed by atoms with Crippen LogP contribution in [0.3, 0.4) is 0 Å². The zero-order valence-corrected chi connectivity index (χ0v) is 11.2. The summed E-state index contributed by atoms with van der Waals surface area (Å²) in [6, 6.07) is 8.46. The van der Waals surface area contributed by atoms with Crippen molar-refractivity contribution in [2.45, 2.75) is 13.3 Å². The number of benzene rings is 1. The van der Waals surface area contributed by atoms with Crippen molar-refractivity contribution >= 4 is 22.4 Å². The van der Waals surface area contributed by atoms with Crippen LogP contribution in [0.1, 0.15) is 12.5 Å². The first-order valence-corrected chi connectivity index (χ1v) is 6.80. The Labute approximate surface area is 113 Å². The van der Waals surface area contributed by atoms with Crippen molar-refractivity contribution in [3.63, 3.8) is 0 Å². The van der Waals surface area contributed by atoms with Gasteiger partial charge in [0.1, 0.15) is 5.82 Å². The minimum atomic E-state index is 0.649. The molecule has 1 fully saturated rings. The van der Waals surface area contributed by atoms with Gasteiger partial charge in [-0.3, -0.25) is 0 Å². The monoisotopic (exact) mass is 257 g/mol. The highest BCUT2D eigenvalue weighted by Gasteiger charge is 2.15. The van der Waals surface area contributed by atoms with Crippen molar-refractivity contribution in [2.24, 2.45) is 0 Å². The molecule has 0 unspecified atom stereocenters. The zero-order valence-electron chi connectivity index (χ0n) is 11.2. The van der Waals surface area contributed by atoms with Crippen LogP contribution >= 0.6 is 0 Å². The summed E-state index contributed by atoms with van der Waals surface area (Å²) in [5.41, 5.74) is 9.32. The van der Waals surface area contributed by atoms with Gasteiger partial charge in [-0.1, -0.05) is 19.1 Å². The normalized spacial score (nSPS) is 15.9. The average molecular weight is 257 g/mol. The molecule has 0 spiro atoms. The summed E-state index contributed by atoms with van der Waals surface area (Å²) in [5.74, 6) is 0.649. The van der Waals surface area contributed by atoms with Crippen molar-refractivity contribution < 1.29 is 4.74 Å². The van der Waals surface area contributed by atoms with Crippen LogP contribution in [0.4, 0.5) is 11.5 Å². The molecule has 0 radical (unpaired) electrons. The van der Waals surface area contributed by atoms with Crippen LogP contribution in [0.15, 0.2) is 24.3 Å². The van der Waals surface area contributed by atoms with Crippen molar-refractivity contribution in [3.8, 4) is 0 Å². The quantitative estimate of drug-likeness (QED) is 0.896. The van der Waals surface area contributed by atoms with E-state index in [2.05, 4.69) is 41.1 Å². The summed E-state index contributed by atoms with van der Waals surface area (Å²) < 4.78 is 5.41. The average Bonchev–Trinajstić information content (AvgIpc) is 2.47. The molecule has 0 atom stereocenters. The van der Waals surface area contributed by atoms with E-state index in [-0.39, 0.29) is 0 Å². The fraction of sp³-hybridized carbons (Fsp3) is 0.400. The fourth-order valence-electron chi connectivity index (χ4n) is 2.58. The van der Waals surface area contributed by atoms with Crippen LogP contribution in [0.2, 0.25) is 0 Å². The van der Waals surface area contributed by atoms with Gasteiger partial charge in [0.15, 0.2) is 0 Å². The molecular formula is C15H19N3O. The predicted octanol–water partition coefficient (Wildman–Crippen LogP) is 2.22. The molecule has 1 saturated heterocycles. The summed E-state index contributed by atoms with van der Waals surface area (Å²) in [6.07, 6.45) is 0.913. The molecular weight excluding hydrogens is 238 g/mol. The molecule has 3 rings (SSSR count). The lowest BCUT2D eigenvalue weighted by Gasteiger charge is -2.29. The van der Waals surface area contributed by atoms with E-state index in [9.17, 15) is 0 Å². The van der Waals surface area contributed by atoms with E-state index in [1.54, 1.807) is 0 Å². The van der Waals surface area contributed by atoms with Gasteiger partial charge >= 0.3 is 0 Å². The van der Waals surface area contributed by atoms with Crippen molar-refractivity contribution in [3.05, 3.63) is 29.8 Å². The van der Waals surface area contributed by atoms with Crippen LogP contribution in [-0.4, -0.2) is 31.3 Å². The van der Waals surface area contributed by atoms with Crippen LogP contribution in [0.5, 0.6) is 0 Å². The molecule has 100 valence electrons. The number of para-hydroxylation sites is 1. The molecule has 1 aliphatic heterocycles. The fourth-order valence-corrected chi connectivity index (χ4v) is 2.58. The highest BCUT2D eigenvalue weighted by atomic mass is 16.5. The first kappa shape index (κ1) is 12.2. The van der Waals surface area contributed by atoms with Gasteiger partial charge < -0.3 is 15.4 Å². The number of aryl methyl sites for hydroxylation is 1. The molecule has 0 bridgehead atoms.